The van der Waals surface area contributed by atoms with E-state index in [1.807, 2.05) is 0 Å². The highest BCUT2D eigenvalue weighted by molar-refractivity contribution is 6.52. The summed E-state index contributed by atoms with van der Waals surface area (Å²) in [7, 11) is 0. The van der Waals surface area contributed by atoms with E-state index in [2.05, 4.69) is 16.0 Å². The van der Waals surface area contributed by atoms with Crippen molar-refractivity contribution >= 4 is 69.6 Å². The molecule has 3 rings (SSSR count). The molecule has 0 bridgehead atoms. The first-order valence-electron chi connectivity index (χ1n) is 9.96. The predicted octanol–water partition coefficient (Wildman–Crippen LogP) is 5.99. The number of halogens is 5. The number of amides is 3. The first-order chi connectivity index (χ1) is 15.4. The third-order valence-electron chi connectivity index (χ3n) is 4.82. The zero-order valence-corrected chi connectivity index (χ0v) is 19.8. The molecule has 2 aromatic carbocycles. The van der Waals surface area contributed by atoms with Crippen molar-refractivity contribution in [2.75, 3.05) is 16.0 Å². The van der Waals surface area contributed by atoms with Gasteiger partial charge in [0.25, 0.3) is 5.91 Å². The lowest BCUT2D eigenvalue weighted by Gasteiger charge is -2.14. The van der Waals surface area contributed by atoms with E-state index in [4.69, 9.17) is 34.8 Å². The fourth-order valence-corrected chi connectivity index (χ4v) is 3.73. The van der Waals surface area contributed by atoms with E-state index >= 15 is 0 Å². The van der Waals surface area contributed by atoms with Crippen molar-refractivity contribution in [1.82, 2.24) is 0 Å². The summed E-state index contributed by atoms with van der Waals surface area (Å²) in [6.07, 6.45) is 0.377. The smallest absolute Gasteiger partial charge is 0.257 e. The van der Waals surface area contributed by atoms with Crippen LogP contribution < -0.4 is 16.0 Å². The van der Waals surface area contributed by atoms with Gasteiger partial charge in [0, 0.05) is 12.1 Å². The average Bonchev–Trinajstić information content (AvgIpc) is 3.36. The lowest BCUT2D eigenvalue weighted by atomic mass is 10.1. The van der Waals surface area contributed by atoms with Gasteiger partial charge in [-0.2, -0.15) is 0 Å². The monoisotopic (exact) mass is 517 g/mol. The van der Waals surface area contributed by atoms with Crippen LogP contribution in [0.3, 0.4) is 0 Å². The molecule has 6 nitrogen and oxygen atoms in total. The van der Waals surface area contributed by atoms with Crippen LogP contribution in [-0.2, 0) is 9.59 Å². The summed E-state index contributed by atoms with van der Waals surface area (Å²) in [5, 5.41) is 7.13. The van der Waals surface area contributed by atoms with Crippen molar-refractivity contribution in [3.63, 3.8) is 0 Å². The highest BCUT2D eigenvalue weighted by atomic mass is 35.5. The van der Waals surface area contributed by atoms with Crippen molar-refractivity contribution < 1.29 is 23.2 Å². The Morgan fingerprint density at radius 3 is 2.36 bits per heavy atom. The highest BCUT2D eigenvalue weighted by Gasteiger charge is 2.56. The van der Waals surface area contributed by atoms with E-state index < -0.39 is 45.3 Å². The van der Waals surface area contributed by atoms with Gasteiger partial charge in [0.05, 0.1) is 22.2 Å². The number of nitrogens with one attached hydrogen (secondary N) is 3. The number of rotatable bonds is 7. The molecule has 0 heterocycles. The summed E-state index contributed by atoms with van der Waals surface area (Å²) in [4.78, 5) is 36.9. The summed E-state index contributed by atoms with van der Waals surface area (Å²) < 4.78 is 27.8. The molecule has 3 amide bonds. The SMILES string of the molecule is CC(C)CC(=O)Nc1c(F)ccc(NC(=O)c2cc(NC(=O)C3CC3(Cl)Cl)ccc2Cl)c1F. The maximum Gasteiger partial charge on any atom is 0.257 e. The molecule has 0 aliphatic heterocycles. The molecular formula is C22H20Cl3F2N3O3. The van der Waals surface area contributed by atoms with Crippen molar-refractivity contribution in [3.05, 3.63) is 52.6 Å². The largest absolute Gasteiger partial charge is 0.326 e. The maximum absolute atomic E-state index is 14.8. The molecule has 0 spiro atoms. The van der Waals surface area contributed by atoms with Crippen molar-refractivity contribution in [2.24, 2.45) is 11.8 Å². The summed E-state index contributed by atoms with van der Waals surface area (Å²) in [5.74, 6) is -4.51. The Hall–Kier alpha value is -2.42. The van der Waals surface area contributed by atoms with Gasteiger partial charge in [0.15, 0.2) is 5.82 Å². The number of alkyl halides is 2. The van der Waals surface area contributed by atoms with Gasteiger partial charge < -0.3 is 16.0 Å². The van der Waals surface area contributed by atoms with E-state index in [0.717, 1.165) is 12.1 Å². The van der Waals surface area contributed by atoms with Crippen LogP contribution in [0.1, 0.15) is 37.0 Å². The van der Waals surface area contributed by atoms with Crippen LogP contribution in [0.4, 0.5) is 25.8 Å². The van der Waals surface area contributed by atoms with E-state index in [9.17, 15) is 23.2 Å². The minimum atomic E-state index is -1.14. The molecule has 11 heteroatoms. The van der Waals surface area contributed by atoms with Crippen molar-refractivity contribution in [2.45, 2.75) is 31.0 Å². The topological polar surface area (TPSA) is 87.3 Å². The van der Waals surface area contributed by atoms with Crippen LogP contribution in [-0.4, -0.2) is 22.1 Å². The zero-order valence-electron chi connectivity index (χ0n) is 17.6. The first kappa shape index (κ1) is 25.2. The van der Waals surface area contributed by atoms with E-state index in [1.54, 1.807) is 13.8 Å². The molecule has 1 saturated carbocycles. The Labute approximate surface area is 204 Å². The predicted molar refractivity (Wildman–Crippen MR) is 125 cm³/mol. The Morgan fingerprint density at radius 1 is 1.09 bits per heavy atom. The summed E-state index contributed by atoms with van der Waals surface area (Å²) in [6, 6.07) is 6.10. The molecule has 1 aliphatic carbocycles. The van der Waals surface area contributed by atoms with E-state index in [0.29, 0.717) is 6.42 Å². The number of carbonyl (C=O) groups excluding carboxylic acids is 3. The van der Waals surface area contributed by atoms with Gasteiger partial charge >= 0.3 is 0 Å². The molecule has 33 heavy (non-hydrogen) atoms. The fourth-order valence-electron chi connectivity index (χ4n) is 3.02. The Balaban J connectivity index is 1.77. The second-order valence-electron chi connectivity index (χ2n) is 8.09. The van der Waals surface area contributed by atoms with Crippen LogP contribution in [0.5, 0.6) is 0 Å². The molecule has 3 N–H and O–H groups in total. The molecule has 0 radical (unpaired) electrons. The summed E-state index contributed by atoms with van der Waals surface area (Å²) in [5.41, 5.74) is -0.839. The molecular weight excluding hydrogens is 499 g/mol. The second-order valence-corrected chi connectivity index (χ2v) is 10.0. The number of hydrogen-bond donors (Lipinski definition) is 3. The van der Waals surface area contributed by atoms with Gasteiger partial charge in [0.2, 0.25) is 11.8 Å². The molecule has 2 aromatic rings. The van der Waals surface area contributed by atoms with E-state index in [-0.39, 0.29) is 34.3 Å². The summed E-state index contributed by atoms with van der Waals surface area (Å²) in [6.45, 7) is 3.57. The molecule has 1 atom stereocenters. The Kier molecular flexibility index (Phi) is 7.51. The second kappa shape index (κ2) is 9.83. The van der Waals surface area contributed by atoms with Crippen LogP contribution in [0.25, 0.3) is 0 Å². The number of benzene rings is 2. The molecule has 1 unspecified atom stereocenters. The van der Waals surface area contributed by atoms with E-state index in [1.165, 1.54) is 18.2 Å². The van der Waals surface area contributed by atoms with Crippen LogP contribution in [0, 0.1) is 23.5 Å². The molecule has 1 aliphatic rings. The number of carbonyl (C=O) groups is 3. The van der Waals surface area contributed by atoms with Crippen molar-refractivity contribution in [1.29, 1.82) is 0 Å². The van der Waals surface area contributed by atoms with Gasteiger partial charge in [-0.15, -0.1) is 23.2 Å². The lowest BCUT2D eigenvalue weighted by Crippen LogP contribution is -2.19. The summed E-state index contributed by atoms with van der Waals surface area (Å²) >= 11 is 17.9. The highest BCUT2D eigenvalue weighted by Crippen LogP contribution is 2.53. The molecule has 1 fully saturated rings. The molecule has 0 saturated heterocycles. The standard InChI is InChI=1S/C22H20Cl3F2N3O3/c1-10(2)7-17(31)30-19-15(26)5-6-16(18(19)27)29-20(32)12-8-11(3-4-14(12)23)28-21(33)13-9-22(13,24)25/h3-6,8,10,13H,7,9H2,1-2H3,(H,28,33)(H,29,32)(H,30,31). The van der Waals surface area contributed by atoms with Crippen molar-refractivity contribution in [3.8, 4) is 0 Å². The number of anilines is 3. The van der Waals surface area contributed by atoms with Gasteiger partial charge in [0.1, 0.15) is 15.8 Å². The van der Waals surface area contributed by atoms with Crippen LogP contribution in [0.15, 0.2) is 30.3 Å². The van der Waals surface area contributed by atoms with Gasteiger partial charge in [-0.1, -0.05) is 25.4 Å². The lowest BCUT2D eigenvalue weighted by molar-refractivity contribution is -0.118. The third kappa shape index (κ3) is 6.13. The molecule has 0 aromatic heterocycles. The maximum atomic E-state index is 14.8. The fraction of sp³-hybridized carbons (Fsp3) is 0.318. The van der Waals surface area contributed by atoms with Gasteiger partial charge in [-0.25, -0.2) is 8.78 Å². The van der Waals surface area contributed by atoms with Gasteiger partial charge in [-0.05, 0) is 42.7 Å². The molecule has 176 valence electrons. The normalized spacial score (nSPS) is 16.3. The zero-order chi connectivity index (χ0) is 24.5. The first-order valence-corrected chi connectivity index (χ1v) is 11.1. The Morgan fingerprint density at radius 2 is 1.76 bits per heavy atom. The van der Waals surface area contributed by atoms with Crippen LogP contribution in [0.2, 0.25) is 5.02 Å². The number of hydrogen-bond acceptors (Lipinski definition) is 3. The van der Waals surface area contributed by atoms with Crippen LogP contribution >= 0.6 is 34.8 Å². The minimum absolute atomic E-state index is 0.0147. The average molecular weight is 519 g/mol. The Bertz CT molecular complexity index is 1130. The van der Waals surface area contributed by atoms with Gasteiger partial charge in [-0.3, -0.25) is 14.4 Å². The third-order valence-corrected chi connectivity index (χ3v) is 5.98. The quantitative estimate of drug-likeness (QED) is 0.394. The minimum Gasteiger partial charge on any atom is -0.326 e.